The molecule has 158 valence electrons. The SMILES string of the molecule is CC(C)CC(=O)N1Cc2ccccc2CC1C(=O)NCC(=O)NCc1ccccc1. The van der Waals surface area contributed by atoms with Crippen molar-refractivity contribution in [2.24, 2.45) is 5.92 Å². The van der Waals surface area contributed by atoms with E-state index in [1.54, 1.807) is 4.90 Å². The van der Waals surface area contributed by atoms with Gasteiger partial charge in [0.2, 0.25) is 17.7 Å². The fourth-order valence-electron chi connectivity index (χ4n) is 3.63. The fourth-order valence-corrected chi connectivity index (χ4v) is 3.63. The van der Waals surface area contributed by atoms with Gasteiger partial charge in [-0.3, -0.25) is 14.4 Å². The third-order valence-corrected chi connectivity index (χ3v) is 5.21. The van der Waals surface area contributed by atoms with Gasteiger partial charge in [0.15, 0.2) is 0 Å². The highest BCUT2D eigenvalue weighted by Crippen LogP contribution is 2.25. The molecule has 30 heavy (non-hydrogen) atoms. The van der Waals surface area contributed by atoms with E-state index in [0.29, 0.717) is 25.9 Å². The molecule has 2 aromatic rings. The third-order valence-electron chi connectivity index (χ3n) is 5.21. The predicted molar refractivity (Wildman–Crippen MR) is 115 cm³/mol. The Morgan fingerprint density at radius 1 is 0.967 bits per heavy atom. The van der Waals surface area contributed by atoms with E-state index in [2.05, 4.69) is 10.6 Å². The maximum Gasteiger partial charge on any atom is 0.243 e. The second-order valence-electron chi connectivity index (χ2n) is 8.09. The number of hydrogen-bond donors (Lipinski definition) is 2. The van der Waals surface area contributed by atoms with E-state index in [4.69, 9.17) is 0 Å². The summed E-state index contributed by atoms with van der Waals surface area (Å²) in [7, 11) is 0. The fraction of sp³-hybridized carbons (Fsp3) is 0.375. The third kappa shape index (κ3) is 5.69. The average molecular weight is 408 g/mol. The van der Waals surface area contributed by atoms with Crippen LogP contribution in [-0.2, 0) is 33.9 Å². The monoisotopic (exact) mass is 407 g/mol. The molecule has 0 aromatic heterocycles. The molecule has 0 spiro atoms. The highest BCUT2D eigenvalue weighted by molar-refractivity contribution is 5.91. The van der Waals surface area contributed by atoms with Crippen molar-refractivity contribution in [3.63, 3.8) is 0 Å². The number of fused-ring (bicyclic) bond motifs is 1. The minimum atomic E-state index is -0.604. The van der Waals surface area contributed by atoms with E-state index >= 15 is 0 Å². The maximum absolute atomic E-state index is 12.9. The Morgan fingerprint density at radius 2 is 1.63 bits per heavy atom. The Bertz CT molecular complexity index is 896. The molecule has 0 saturated heterocycles. The molecule has 1 aliphatic rings. The lowest BCUT2D eigenvalue weighted by atomic mass is 9.92. The van der Waals surface area contributed by atoms with Crippen LogP contribution in [-0.4, -0.2) is 35.2 Å². The standard InChI is InChI=1S/C24H29N3O3/c1-17(2)12-23(29)27-16-20-11-7-6-10-19(20)13-21(27)24(30)26-15-22(28)25-14-18-8-4-3-5-9-18/h3-11,17,21H,12-16H2,1-2H3,(H,25,28)(H,26,30). The van der Waals surface area contributed by atoms with Crippen LogP contribution >= 0.6 is 0 Å². The summed E-state index contributed by atoms with van der Waals surface area (Å²) in [6.07, 6.45) is 0.848. The van der Waals surface area contributed by atoms with Gasteiger partial charge in [0, 0.05) is 25.9 Å². The van der Waals surface area contributed by atoms with Crippen molar-refractivity contribution >= 4 is 17.7 Å². The maximum atomic E-state index is 12.9. The summed E-state index contributed by atoms with van der Waals surface area (Å²) in [6.45, 7) is 4.69. The number of rotatable bonds is 7. The van der Waals surface area contributed by atoms with Crippen molar-refractivity contribution in [2.45, 2.75) is 45.8 Å². The number of hydrogen-bond acceptors (Lipinski definition) is 3. The smallest absolute Gasteiger partial charge is 0.243 e. The highest BCUT2D eigenvalue weighted by Gasteiger charge is 2.34. The van der Waals surface area contributed by atoms with Gasteiger partial charge in [0.1, 0.15) is 6.04 Å². The lowest BCUT2D eigenvalue weighted by Gasteiger charge is -2.36. The Morgan fingerprint density at radius 3 is 2.33 bits per heavy atom. The molecular formula is C24H29N3O3. The van der Waals surface area contributed by atoms with Crippen LogP contribution in [0.2, 0.25) is 0 Å². The molecule has 3 rings (SSSR count). The normalized spacial score (nSPS) is 15.4. The van der Waals surface area contributed by atoms with Crippen LogP contribution in [0.5, 0.6) is 0 Å². The van der Waals surface area contributed by atoms with Crippen molar-refractivity contribution in [3.05, 3.63) is 71.3 Å². The van der Waals surface area contributed by atoms with Crippen molar-refractivity contribution in [2.75, 3.05) is 6.54 Å². The van der Waals surface area contributed by atoms with Crippen LogP contribution in [0.3, 0.4) is 0 Å². The lowest BCUT2D eigenvalue weighted by molar-refractivity contribution is -0.142. The number of carbonyl (C=O) groups is 3. The minimum Gasteiger partial charge on any atom is -0.350 e. The first-order valence-electron chi connectivity index (χ1n) is 10.4. The molecule has 6 nitrogen and oxygen atoms in total. The molecule has 6 heteroatoms. The van der Waals surface area contributed by atoms with Gasteiger partial charge in [-0.1, -0.05) is 68.4 Å². The van der Waals surface area contributed by atoms with Crippen molar-refractivity contribution in [3.8, 4) is 0 Å². The molecule has 0 bridgehead atoms. The number of amides is 3. The molecule has 0 saturated carbocycles. The minimum absolute atomic E-state index is 0.0341. The summed E-state index contributed by atoms with van der Waals surface area (Å²) >= 11 is 0. The second-order valence-corrected chi connectivity index (χ2v) is 8.09. The molecule has 0 aliphatic carbocycles. The zero-order chi connectivity index (χ0) is 21.5. The van der Waals surface area contributed by atoms with E-state index < -0.39 is 6.04 Å². The van der Waals surface area contributed by atoms with Crippen molar-refractivity contribution < 1.29 is 14.4 Å². The Labute approximate surface area is 177 Å². The first kappa shape index (κ1) is 21.6. The largest absolute Gasteiger partial charge is 0.350 e. The molecular weight excluding hydrogens is 378 g/mol. The molecule has 1 aliphatic heterocycles. The van der Waals surface area contributed by atoms with Gasteiger partial charge in [0.05, 0.1) is 6.54 Å². The zero-order valence-corrected chi connectivity index (χ0v) is 17.6. The van der Waals surface area contributed by atoms with Crippen LogP contribution in [0.1, 0.15) is 37.0 Å². The first-order valence-corrected chi connectivity index (χ1v) is 10.4. The van der Waals surface area contributed by atoms with E-state index in [1.165, 1.54) is 0 Å². The van der Waals surface area contributed by atoms with Gasteiger partial charge in [0.25, 0.3) is 0 Å². The van der Waals surface area contributed by atoms with Crippen LogP contribution in [0.25, 0.3) is 0 Å². The van der Waals surface area contributed by atoms with Crippen molar-refractivity contribution in [1.82, 2.24) is 15.5 Å². The molecule has 3 amide bonds. The summed E-state index contributed by atoms with van der Waals surface area (Å²) in [4.78, 5) is 39.5. The van der Waals surface area contributed by atoms with Crippen LogP contribution < -0.4 is 10.6 Å². The number of benzene rings is 2. The van der Waals surface area contributed by atoms with E-state index in [1.807, 2.05) is 68.4 Å². The molecule has 1 atom stereocenters. The van der Waals surface area contributed by atoms with Gasteiger partial charge in [-0.15, -0.1) is 0 Å². The Balaban J connectivity index is 1.61. The van der Waals surface area contributed by atoms with Gasteiger partial charge < -0.3 is 15.5 Å². The number of nitrogens with one attached hydrogen (secondary N) is 2. The van der Waals surface area contributed by atoms with Crippen LogP contribution in [0.4, 0.5) is 0 Å². The summed E-state index contributed by atoms with van der Waals surface area (Å²) in [5.74, 6) is -0.379. The van der Waals surface area contributed by atoms with Gasteiger partial charge in [-0.2, -0.15) is 0 Å². The molecule has 2 aromatic carbocycles. The molecule has 1 heterocycles. The number of nitrogens with zero attached hydrogens (tertiary/aromatic N) is 1. The molecule has 2 N–H and O–H groups in total. The average Bonchev–Trinajstić information content (AvgIpc) is 2.75. The summed E-state index contributed by atoms with van der Waals surface area (Å²) in [6, 6.07) is 16.9. The Hall–Kier alpha value is -3.15. The number of carbonyl (C=O) groups excluding carboxylic acids is 3. The van der Waals surface area contributed by atoms with Crippen molar-refractivity contribution in [1.29, 1.82) is 0 Å². The van der Waals surface area contributed by atoms with Gasteiger partial charge >= 0.3 is 0 Å². The van der Waals surface area contributed by atoms with Gasteiger partial charge in [-0.25, -0.2) is 0 Å². The molecule has 0 fully saturated rings. The Kier molecular flexibility index (Phi) is 7.22. The molecule has 1 unspecified atom stereocenters. The highest BCUT2D eigenvalue weighted by atomic mass is 16.2. The summed E-state index contributed by atoms with van der Waals surface area (Å²) in [5.41, 5.74) is 3.13. The van der Waals surface area contributed by atoms with E-state index in [-0.39, 0.29) is 30.2 Å². The lowest BCUT2D eigenvalue weighted by Crippen LogP contribution is -2.53. The van der Waals surface area contributed by atoms with E-state index in [0.717, 1.165) is 16.7 Å². The zero-order valence-electron chi connectivity index (χ0n) is 17.6. The van der Waals surface area contributed by atoms with Crippen LogP contribution in [0.15, 0.2) is 54.6 Å². The quantitative estimate of drug-likeness (QED) is 0.740. The second kappa shape index (κ2) is 10.1. The first-order chi connectivity index (χ1) is 14.4. The topological polar surface area (TPSA) is 78.5 Å². The molecule has 0 radical (unpaired) electrons. The van der Waals surface area contributed by atoms with Gasteiger partial charge in [-0.05, 0) is 22.6 Å². The van der Waals surface area contributed by atoms with Crippen LogP contribution in [0, 0.1) is 5.92 Å². The predicted octanol–water partition coefficient (Wildman–Crippen LogP) is 2.42. The summed E-state index contributed by atoms with van der Waals surface area (Å²) < 4.78 is 0. The van der Waals surface area contributed by atoms with E-state index in [9.17, 15) is 14.4 Å². The summed E-state index contributed by atoms with van der Waals surface area (Å²) in [5, 5.41) is 5.51.